The molecular formula is C17H20ClN3O2. The van der Waals surface area contributed by atoms with Gasteiger partial charge in [0.15, 0.2) is 12.1 Å². The van der Waals surface area contributed by atoms with E-state index in [9.17, 15) is 4.79 Å². The molecule has 1 unspecified atom stereocenters. The number of rotatable bonds is 5. The van der Waals surface area contributed by atoms with E-state index in [1.165, 1.54) is 6.39 Å². The maximum Gasteiger partial charge on any atom is 0.273 e. The van der Waals surface area contributed by atoms with Gasteiger partial charge in [-0.05, 0) is 30.5 Å². The number of aromatic nitrogens is 1. The summed E-state index contributed by atoms with van der Waals surface area (Å²) >= 11 is 6.05. The Morgan fingerprint density at radius 3 is 3.17 bits per heavy atom. The summed E-state index contributed by atoms with van der Waals surface area (Å²) in [6, 6.07) is 7.88. The van der Waals surface area contributed by atoms with Gasteiger partial charge in [-0.25, -0.2) is 4.98 Å². The predicted octanol–water partition coefficient (Wildman–Crippen LogP) is 3.15. The van der Waals surface area contributed by atoms with Crippen molar-refractivity contribution in [2.24, 2.45) is 5.92 Å². The van der Waals surface area contributed by atoms with E-state index in [2.05, 4.69) is 21.3 Å². The standard InChI is InChI=1S/C17H20ClN3O2/c1-2-15-16(20-11-23-15)17(22)19-9-12-6-7-21(10-12)14-5-3-4-13(18)8-14/h3-5,8,11-12H,2,6-7,9-10H2,1H3,(H,19,22). The van der Waals surface area contributed by atoms with E-state index in [4.69, 9.17) is 16.0 Å². The van der Waals surface area contributed by atoms with Crippen molar-refractivity contribution in [1.82, 2.24) is 10.3 Å². The molecule has 122 valence electrons. The number of carbonyl (C=O) groups excluding carboxylic acids is 1. The smallest absolute Gasteiger partial charge is 0.273 e. The zero-order valence-corrected chi connectivity index (χ0v) is 13.8. The Kier molecular flexibility index (Phi) is 4.86. The highest BCUT2D eigenvalue weighted by Gasteiger charge is 2.24. The quantitative estimate of drug-likeness (QED) is 0.913. The molecule has 6 heteroatoms. The molecule has 1 aromatic carbocycles. The van der Waals surface area contributed by atoms with Crippen molar-refractivity contribution in [1.29, 1.82) is 0 Å². The van der Waals surface area contributed by atoms with Crippen LogP contribution in [0, 0.1) is 5.92 Å². The number of nitrogens with one attached hydrogen (secondary N) is 1. The molecule has 0 saturated carbocycles. The van der Waals surface area contributed by atoms with E-state index >= 15 is 0 Å². The van der Waals surface area contributed by atoms with Crippen molar-refractivity contribution in [3.05, 3.63) is 47.1 Å². The first-order chi connectivity index (χ1) is 11.2. The monoisotopic (exact) mass is 333 g/mol. The first-order valence-electron chi connectivity index (χ1n) is 7.88. The van der Waals surface area contributed by atoms with Gasteiger partial charge < -0.3 is 14.6 Å². The van der Waals surface area contributed by atoms with Crippen molar-refractivity contribution in [2.45, 2.75) is 19.8 Å². The molecular weight excluding hydrogens is 314 g/mol. The van der Waals surface area contributed by atoms with Gasteiger partial charge in [0, 0.05) is 36.8 Å². The van der Waals surface area contributed by atoms with Gasteiger partial charge in [-0.3, -0.25) is 4.79 Å². The number of carbonyl (C=O) groups is 1. The van der Waals surface area contributed by atoms with Crippen LogP contribution in [0.1, 0.15) is 29.6 Å². The lowest BCUT2D eigenvalue weighted by Gasteiger charge is -2.19. The van der Waals surface area contributed by atoms with E-state index < -0.39 is 0 Å². The van der Waals surface area contributed by atoms with Gasteiger partial charge in [-0.2, -0.15) is 0 Å². The summed E-state index contributed by atoms with van der Waals surface area (Å²) in [5.74, 6) is 0.904. The van der Waals surface area contributed by atoms with Gasteiger partial charge in [0.1, 0.15) is 5.76 Å². The third kappa shape index (κ3) is 3.67. The molecule has 0 bridgehead atoms. The number of oxazole rings is 1. The van der Waals surface area contributed by atoms with Gasteiger partial charge in [-0.1, -0.05) is 24.6 Å². The minimum Gasteiger partial charge on any atom is -0.448 e. The van der Waals surface area contributed by atoms with Gasteiger partial charge in [0.2, 0.25) is 0 Å². The molecule has 2 aromatic rings. The molecule has 1 atom stereocenters. The van der Waals surface area contributed by atoms with Gasteiger partial charge in [0.25, 0.3) is 5.91 Å². The Balaban J connectivity index is 1.53. The van der Waals surface area contributed by atoms with Crippen LogP contribution in [0.2, 0.25) is 5.02 Å². The maximum atomic E-state index is 12.2. The molecule has 1 fully saturated rings. The second kappa shape index (κ2) is 7.04. The largest absolute Gasteiger partial charge is 0.448 e. The fourth-order valence-corrected chi connectivity index (χ4v) is 3.12. The molecule has 1 aliphatic rings. The third-order valence-electron chi connectivity index (χ3n) is 4.19. The molecule has 1 aromatic heterocycles. The SMILES string of the molecule is CCc1ocnc1C(=O)NCC1CCN(c2cccc(Cl)c2)C1. The number of anilines is 1. The van der Waals surface area contributed by atoms with E-state index in [1.54, 1.807) is 0 Å². The van der Waals surface area contributed by atoms with E-state index in [0.29, 0.717) is 30.3 Å². The van der Waals surface area contributed by atoms with Crippen LogP contribution in [0.3, 0.4) is 0 Å². The van der Waals surface area contributed by atoms with Crippen molar-refractivity contribution < 1.29 is 9.21 Å². The molecule has 1 saturated heterocycles. The Labute approximate surface area is 140 Å². The number of hydrogen-bond acceptors (Lipinski definition) is 4. The summed E-state index contributed by atoms with van der Waals surface area (Å²) in [6.07, 6.45) is 3.03. The lowest BCUT2D eigenvalue weighted by molar-refractivity contribution is 0.0942. The van der Waals surface area contributed by atoms with E-state index in [-0.39, 0.29) is 5.91 Å². The molecule has 1 N–H and O–H groups in total. The van der Waals surface area contributed by atoms with Gasteiger partial charge >= 0.3 is 0 Å². The van der Waals surface area contributed by atoms with E-state index in [0.717, 1.165) is 30.2 Å². The molecule has 1 aliphatic heterocycles. The van der Waals surface area contributed by atoms with Crippen LogP contribution in [-0.4, -0.2) is 30.5 Å². The number of halogens is 1. The van der Waals surface area contributed by atoms with Gasteiger partial charge in [-0.15, -0.1) is 0 Å². The number of amides is 1. The first-order valence-corrected chi connectivity index (χ1v) is 8.26. The Bertz CT molecular complexity index is 686. The molecule has 2 heterocycles. The number of benzene rings is 1. The van der Waals surface area contributed by atoms with Crippen LogP contribution < -0.4 is 10.2 Å². The van der Waals surface area contributed by atoms with Crippen LogP contribution in [0.15, 0.2) is 35.1 Å². The second-order valence-corrected chi connectivity index (χ2v) is 6.20. The summed E-state index contributed by atoms with van der Waals surface area (Å²) in [7, 11) is 0. The average Bonchev–Trinajstić information content (AvgIpc) is 3.21. The van der Waals surface area contributed by atoms with Crippen molar-refractivity contribution in [2.75, 3.05) is 24.5 Å². The van der Waals surface area contributed by atoms with Crippen molar-refractivity contribution >= 4 is 23.2 Å². The normalized spacial score (nSPS) is 17.5. The summed E-state index contributed by atoms with van der Waals surface area (Å²) < 4.78 is 5.20. The first kappa shape index (κ1) is 15.9. The van der Waals surface area contributed by atoms with Gasteiger partial charge in [0.05, 0.1) is 0 Å². The lowest BCUT2D eigenvalue weighted by Crippen LogP contribution is -2.31. The zero-order chi connectivity index (χ0) is 16.2. The highest BCUT2D eigenvalue weighted by atomic mass is 35.5. The Morgan fingerprint density at radius 1 is 1.52 bits per heavy atom. The van der Waals surface area contributed by atoms with Crippen LogP contribution >= 0.6 is 11.6 Å². The van der Waals surface area contributed by atoms with Crippen LogP contribution in [0.5, 0.6) is 0 Å². The number of hydrogen-bond donors (Lipinski definition) is 1. The minimum atomic E-state index is -0.156. The fraction of sp³-hybridized carbons (Fsp3) is 0.412. The fourth-order valence-electron chi connectivity index (χ4n) is 2.93. The van der Waals surface area contributed by atoms with Crippen molar-refractivity contribution in [3.8, 4) is 0 Å². The molecule has 23 heavy (non-hydrogen) atoms. The second-order valence-electron chi connectivity index (χ2n) is 5.77. The Morgan fingerprint density at radius 2 is 2.39 bits per heavy atom. The third-order valence-corrected chi connectivity index (χ3v) is 4.42. The molecule has 0 aliphatic carbocycles. The summed E-state index contributed by atoms with van der Waals surface area (Å²) in [5.41, 5.74) is 1.54. The molecule has 0 radical (unpaired) electrons. The Hall–Kier alpha value is -2.01. The number of aryl methyl sites for hydroxylation is 1. The minimum absolute atomic E-state index is 0.156. The lowest BCUT2D eigenvalue weighted by atomic mass is 10.1. The predicted molar refractivity (Wildman–Crippen MR) is 90.0 cm³/mol. The highest BCUT2D eigenvalue weighted by molar-refractivity contribution is 6.30. The molecule has 5 nitrogen and oxygen atoms in total. The van der Waals surface area contributed by atoms with E-state index in [1.807, 2.05) is 25.1 Å². The zero-order valence-electron chi connectivity index (χ0n) is 13.1. The highest BCUT2D eigenvalue weighted by Crippen LogP contribution is 2.25. The maximum absolute atomic E-state index is 12.2. The average molecular weight is 334 g/mol. The summed E-state index contributed by atoms with van der Waals surface area (Å²) in [6.45, 7) is 4.48. The summed E-state index contributed by atoms with van der Waals surface area (Å²) in [5, 5.41) is 3.72. The van der Waals surface area contributed by atoms with Crippen LogP contribution in [0.4, 0.5) is 5.69 Å². The van der Waals surface area contributed by atoms with Crippen molar-refractivity contribution in [3.63, 3.8) is 0 Å². The van der Waals surface area contributed by atoms with Crippen LogP contribution in [0.25, 0.3) is 0 Å². The molecule has 1 amide bonds. The number of nitrogens with zero attached hydrogens (tertiary/aromatic N) is 2. The summed E-state index contributed by atoms with van der Waals surface area (Å²) in [4.78, 5) is 18.5. The molecule has 3 rings (SSSR count). The topological polar surface area (TPSA) is 58.4 Å². The molecule has 0 spiro atoms. The van der Waals surface area contributed by atoms with Crippen LogP contribution in [-0.2, 0) is 6.42 Å².